The van der Waals surface area contributed by atoms with E-state index in [1.807, 2.05) is 12.3 Å². The van der Waals surface area contributed by atoms with Crippen LogP contribution in [0, 0.1) is 11.8 Å². The normalized spacial score (nSPS) is 27.9. The molecule has 0 aromatic carbocycles. The Bertz CT molecular complexity index is 547. The first-order valence-corrected chi connectivity index (χ1v) is 8.78. The zero-order valence-corrected chi connectivity index (χ0v) is 12.6. The lowest BCUT2D eigenvalue weighted by atomic mass is 10.0. The van der Waals surface area contributed by atoms with E-state index >= 15 is 0 Å². The van der Waals surface area contributed by atoms with Crippen LogP contribution in [-0.2, 0) is 16.6 Å². The SMILES string of the molecule is CCS(=O)(=O)N1CC2CN(Cc3cccnc3)CC2C1. The highest BCUT2D eigenvalue weighted by Gasteiger charge is 2.43. The van der Waals surface area contributed by atoms with E-state index in [1.54, 1.807) is 17.4 Å². The maximum absolute atomic E-state index is 11.9. The lowest BCUT2D eigenvalue weighted by molar-refractivity contribution is 0.289. The first-order valence-electron chi connectivity index (χ1n) is 7.17. The van der Waals surface area contributed by atoms with Gasteiger partial charge in [0.2, 0.25) is 10.0 Å². The molecule has 6 heteroatoms. The number of pyridine rings is 1. The molecule has 0 N–H and O–H groups in total. The van der Waals surface area contributed by atoms with Gasteiger partial charge in [-0.3, -0.25) is 9.88 Å². The lowest BCUT2D eigenvalue weighted by Gasteiger charge is -2.20. The summed E-state index contributed by atoms with van der Waals surface area (Å²) in [5, 5.41) is 0. The predicted octanol–water partition coefficient (Wildman–Crippen LogP) is 0.795. The van der Waals surface area contributed by atoms with Crippen LogP contribution < -0.4 is 0 Å². The number of hydrogen-bond donors (Lipinski definition) is 0. The second-order valence-corrected chi connectivity index (χ2v) is 8.05. The first kappa shape index (κ1) is 14.0. The Balaban J connectivity index is 1.59. The molecule has 0 bridgehead atoms. The average molecular weight is 295 g/mol. The molecule has 5 nitrogen and oxygen atoms in total. The molecule has 0 amide bonds. The maximum atomic E-state index is 11.9. The molecule has 3 heterocycles. The minimum atomic E-state index is -3.01. The fourth-order valence-electron chi connectivity index (χ4n) is 3.34. The summed E-state index contributed by atoms with van der Waals surface area (Å²) in [6.45, 7) is 6.03. The van der Waals surface area contributed by atoms with E-state index in [0.717, 1.165) is 19.6 Å². The van der Waals surface area contributed by atoms with Crippen LogP contribution in [0.3, 0.4) is 0 Å². The number of nitrogens with zero attached hydrogens (tertiary/aromatic N) is 3. The summed E-state index contributed by atoms with van der Waals surface area (Å²) in [7, 11) is -3.01. The molecule has 2 saturated heterocycles. The zero-order chi connectivity index (χ0) is 14.2. The van der Waals surface area contributed by atoms with Crippen LogP contribution in [0.25, 0.3) is 0 Å². The molecule has 3 rings (SSSR count). The van der Waals surface area contributed by atoms with Gasteiger partial charge in [0.1, 0.15) is 0 Å². The van der Waals surface area contributed by atoms with Crippen molar-refractivity contribution in [2.24, 2.45) is 11.8 Å². The second-order valence-electron chi connectivity index (χ2n) is 5.79. The fourth-order valence-corrected chi connectivity index (χ4v) is 4.54. The summed E-state index contributed by atoms with van der Waals surface area (Å²) in [5.41, 5.74) is 1.23. The van der Waals surface area contributed by atoms with Crippen molar-refractivity contribution in [1.29, 1.82) is 0 Å². The Morgan fingerprint density at radius 3 is 2.50 bits per heavy atom. The Hall–Kier alpha value is -0.980. The second kappa shape index (κ2) is 5.42. The van der Waals surface area contributed by atoms with E-state index in [1.165, 1.54) is 5.56 Å². The number of likely N-dealkylation sites (tertiary alicyclic amines) is 1. The molecule has 2 fully saturated rings. The first-order chi connectivity index (χ1) is 9.58. The molecule has 20 heavy (non-hydrogen) atoms. The fraction of sp³-hybridized carbons (Fsp3) is 0.643. The van der Waals surface area contributed by atoms with Gasteiger partial charge in [-0.15, -0.1) is 0 Å². The van der Waals surface area contributed by atoms with Crippen LogP contribution in [0.1, 0.15) is 12.5 Å². The minimum Gasteiger partial charge on any atom is -0.298 e. The summed E-state index contributed by atoms with van der Waals surface area (Å²) < 4.78 is 25.5. The molecule has 0 radical (unpaired) electrons. The van der Waals surface area contributed by atoms with Crippen molar-refractivity contribution in [3.63, 3.8) is 0 Å². The van der Waals surface area contributed by atoms with E-state index in [-0.39, 0.29) is 5.75 Å². The lowest BCUT2D eigenvalue weighted by Crippen LogP contribution is -2.34. The van der Waals surface area contributed by atoms with Crippen molar-refractivity contribution in [3.8, 4) is 0 Å². The van der Waals surface area contributed by atoms with Crippen molar-refractivity contribution in [2.45, 2.75) is 13.5 Å². The van der Waals surface area contributed by atoms with Gasteiger partial charge < -0.3 is 0 Å². The summed E-state index contributed by atoms with van der Waals surface area (Å²) in [6.07, 6.45) is 3.69. The van der Waals surface area contributed by atoms with Gasteiger partial charge in [-0.2, -0.15) is 0 Å². The van der Waals surface area contributed by atoms with Gasteiger partial charge in [-0.1, -0.05) is 6.07 Å². The highest BCUT2D eigenvalue weighted by Crippen LogP contribution is 2.33. The van der Waals surface area contributed by atoms with Gasteiger partial charge in [-0.25, -0.2) is 12.7 Å². The minimum absolute atomic E-state index is 0.214. The molecular weight excluding hydrogens is 274 g/mol. The Morgan fingerprint density at radius 1 is 1.25 bits per heavy atom. The molecule has 2 unspecified atom stereocenters. The molecule has 1 aromatic rings. The van der Waals surface area contributed by atoms with Crippen molar-refractivity contribution in [1.82, 2.24) is 14.2 Å². The Labute approximate surface area is 120 Å². The highest BCUT2D eigenvalue weighted by molar-refractivity contribution is 7.89. The van der Waals surface area contributed by atoms with Crippen LogP contribution in [0.5, 0.6) is 0 Å². The molecular formula is C14H21N3O2S. The van der Waals surface area contributed by atoms with Gasteiger partial charge >= 0.3 is 0 Å². The number of fused-ring (bicyclic) bond motifs is 1. The Morgan fingerprint density at radius 2 is 1.95 bits per heavy atom. The van der Waals surface area contributed by atoms with Gasteiger partial charge in [0.25, 0.3) is 0 Å². The Kier molecular flexibility index (Phi) is 3.79. The average Bonchev–Trinajstić information content (AvgIpc) is 2.98. The molecule has 2 aliphatic rings. The van der Waals surface area contributed by atoms with Crippen molar-refractivity contribution >= 4 is 10.0 Å². The van der Waals surface area contributed by atoms with Crippen LogP contribution in [-0.4, -0.2) is 54.5 Å². The number of sulfonamides is 1. The third-order valence-corrected chi connectivity index (χ3v) is 6.23. The van der Waals surface area contributed by atoms with Crippen LogP contribution in [0.15, 0.2) is 24.5 Å². The molecule has 2 aliphatic heterocycles. The van der Waals surface area contributed by atoms with Crippen LogP contribution >= 0.6 is 0 Å². The van der Waals surface area contributed by atoms with Gasteiger partial charge in [0.05, 0.1) is 5.75 Å². The smallest absolute Gasteiger partial charge is 0.213 e. The summed E-state index contributed by atoms with van der Waals surface area (Å²) >= 11 is 0. The standard InChI is InChI=1S/C14H21N3O2S/c1-2-20(18,19)17-10-13-8-16(9-14(13)11-17)7-12-4-3-5-15-6-12/h3-6,13-14H,2,7-11H2,1H3. The number of aromatic nitrogens is 1. The van der Waals surface area contributed by atoms with Crippen molar-refractivity contribution < 1.29 is 8.42 Å². The van der Waals surface area contributed by atoms with Gasteiger partial charge in [-0.05, 0) is 30.4 Å². The molecule has 0 spiro atoms. The van der Waals surface area contributed by atoms with E-state index in [4.69, 9.17) is 0 Å². The van der Waals surface area contributed by atoms with E-state index < -0.39 is 10.0 Å². The van der Waals surface area contributed by atoms with Gasteiger partial charge in [0.15, 0.2) is 0 Å². The molecule has 110 valence electrons. The molecule has 1 aromatic heterocycles. The van der Waals surface area contributed by atoms with Gasteiger partial charge in [0, 0.05) is 45.1 Å². The number of rotatable bonds is 4. The third-order valence-electron chi connectivity index (χ3n) is 4.42. The molecule has 2 atom stereocenters. The quantitative estimate of drug-likeness (QED) is 0.824. The van der Waals surface area contributed by atoms with Crippen molar-refractivity contribution in [3.05, 3.63) is 30.1 Å². The summed E-state index contributed by atoms with van der Waals surface area (Å²) in [4.78, 5) is 6.56. The molecule has 0 aliphatic carbocycles. The predicted molar refractivity (Wildman–Crippen MR) is 77.5 cm³/mol. The largest absolute Gasteiger partial charge is 0.298 e. The van der Waals surface area contributed by atoms with Crippen LogP contribution in [0.2, 0.25) is 0 Å². The third kappa shape index (κ3) is 2.73. The monoisotopic (exact) mass is 295 g/mol. The van der Waals surface area contributed by atoms with E-state index in [2.05, 4.69) is 16.0 Å². The highest BCUT2D eigenvalue weighted by atomic mass is 32.2. The van der Waals surface area contributed by atoms with Crippen molar-refractivity contribution in [2.75, 3.05) is 31.9 Å². The van der Waals surface area contributed by atoms with E-state index in [9.17, 15) is 8.42 Å². The summed E-state index contributed by atoms with van der Waals surface area (Å²) in [5.74, 6) is 1.20. The summed E-state index contributed by atoms with van der Waals surface area (Å²) in [6, 6.07) is 4.05. The van der Waals surface area contributed by atoms with E-state index in [0.29, 0.717) is 24.9 Å². The zero-order valence-electron chi connectivity index (χ0n) is 11.8. The topological polar surface area (TPSA) is 53.5 Å². The maximum Gasteiger partial charge on any atom is 0.213 e. The molecule has 0 saturated carbocycles. The van der Waals surface area contributed by atoms with Crippen LogP contribution in [0.4, 0.5) is 0 Å². The number of hydrogen-bond acceptors (Lipinski definition) is 4.